The largest absolute Gasteiger partial charge is 0.306 e. The van der Waals surface area contributed by atoms with E-state index >= 15 is 0 Å². The van der Waals surface area contributed by atoms with Crippen molar-refractivity contribution >= 4 is 0 Å². The quantitative estimate of drug-likeness (QED) is 0.474. The van der Waals surface area contributed by atoms with Crippen LogP contribution >= 0.6 is 0 Å². The monoisotopic (exact) mass is 419 g/mol. The number of hydrogen-bond acceptors (Lipinski definition) is 4. The first-order valence-electron chi connectivity index (χ1n) is 10.0. The van der Waals surface area contributed by atoms with Gasteiger partial charge in [-0.25, -0.2) is 23.4 Å². The Morgan fingerprint density at radius 2 is 1.77 bits per heavy atom. The molecule has 2 heterocycles. The van der Waals surface area contributed by atoms with E-state index in [2.05, 4.69) is 26.4 Å². The van der Waals surface area contributed by atoms with E-state index in [0.29, 0.717) is 12.4 Å². The molecular weight excluding hydrogens is 396 g/mol. The Bertz CT molecular complexity index is 1200. The van der Waals surface area contributed by atoms with Crippen molar-refractivity contribution in [3.8, 4) is 17.1 Å². The van der Waals surface area contributed by atoms with Crippen LogP contribution in [-0.4, -0.2) is 19.7 Å². The van der Waals surface area contributed by atoms with Crippen molar-refractivity contribution in [3.63, 3.8) is 0 Å². The lowest BCUT2D eigenvalue weighted by molar-refractivity contribution is 0.565. The second-order valence-electron chi connectivity index (χ2n) is 7.58. The average Bonchev–Trinajstić information content (AvgIpc) is 3.13. The first kappa shape index (κ1) is 20.8. The Kier molecular flexibility index (Phi) is 5.86. The molecule has 0 radical (unpaired) electrons. The fourth-order valence-electron chi connectivity index (χ4n) is 3.50. The van der Waals surface area contributed by atoms with Crippen LogP contribution in [0.5, 0.6) is 0 Å². The van der Waals surface area contributed by atoms with Crippen LogP contribution in [0.3, 0.4) is 0 Å². The van der Waals surface area contributed by atoms with E-state index in [4.69, 9.17) is 0 Å². The zero-order valence-electron chi connectivity index (χ0n) is 17.6. The van der Waals surface area contributed by atoms with E-state index in [9.17, 15) is 8.78 Å². The molecule has 0 aliphatic rings. The minimum atomic E-state index is -0.649. The number of hydrogen-bond donors (Lipinski definition) is 1. The smallest absolute Gasteiger partial charge is 0.159 e. The number of nitrogens with one attached hydrogen (secondary N) is 1. The third kappa shape index (κ3) is 4.51. The summed E-state index contributed by atoms with van der Waals surface area (Å²) in [6, 6.07) is 11.5. The molecule has 0 bridgehead atoms. The minimum absolute atomic E-state index is 0.0336. The molecule has 2 aromatic heterocycles. The molecule has 31 heavy (non-hydrogen) atoms. The Morgan fingerprint density at radius 1 is 1.00 bits per heavy atom. The van der Waals surface area contributed by atoms with Gasteiger partial charge in [0.05, 0.1) is 6.20 Å². The number of halogens is 2. The number of rotatable bonds is 6. The van der Waals surface area contributed by atoms with E-state index < -0.39 is 11.6 Å². The first-order chi connectivity index (χ1) is 14.9. The molecule has 5 nitrogen and oxygen atoms in total. The molecule has 0 aliphatic carbocycles. The van der Waals surface area contributed by atoms with E-state index in [1.165, 1.54) is 16.8 Å². The van der Waals surface area contributed by atoms with Crippen LogP contribution in [0.4, 0.5) is 8.78 Å². The molecule has 0 amide bonds. The minimum Gasteiger partial charge on any atom is -0.306 e. The Hall–Kier alpha value is -3.45. The molecule has 1 unspecified atom stereocenters. The molecule has 2 aromatic carbocycles. The van der Waals surface area contributed by atoms with Crippen LogP contribution in [0.2, 0.25) is 0 Å². The van der Waals surface area contributed by atoms with Gasteiger partial charge < -0.3 is 5.32 Å². The van der Waals surface area contributed by atoms with Crippen LogP contribution in [0.1, 0.15) is 35.3 Å². The number of aryl methyl sites for hydroxylation is 1. The maximum absolute atomic E-state index is 14.1. The summed E-state index contributed by atoms with van der Waals surface area (Å²) in [5.41, 5.74) is 5.05. The third-order valence-corrected chi connectivity index (χ3v) is 5.25. The molecule has 7 heteroatoms. The molecule has 158 valence electrons. The third-order valence-electron chi connectivity index (χ3n) is 5.25. The topological polar surface area (TPSA) is 55.6 Å². The van der Waals surface area contributed by atoms with Gasteiger partial charge in [-0.3, -0.25) is 0 Å². The predicted octanol–water partition coefficient (Wildman–Crippen LogP) is 5.08. The second-order valence-corrected chi connectivity index (χ2v) is 7.58. The van der Waals surface area contributed by atoms with Gasteiger partial charge in [-0.15, -0.1) is 0 Å². The highest BCUT2D eigenvalue weighted by Gasteiger charge is 2.16. The number of benzene rings is 2. The van der Waals surface area contributed by atoms with Gasteiger partial charge in [0.1, 0.15) is 11.5 Å². The van der Waals surface area contributed by atoms with E-state index in [-0.39, 0.29) is 11.7 Å². The number of aromatic nitrogens is 4. The Labute approximate surface area is 179 Å². The summed E-state index contributed by atoms with van der Waals surface area (Å²) < 4.78 is 28.8. The molecule has 0 saturated carbocycles. The molecule has 1 N–H and O–H groups in total. The van der Waals surface area contributed by atoms with Crippen molar-refractivity contribution in [1.82, 2.24) is 25.1 Å². The summed E-state index contributed by atoms with van der Waals surface area (Å²) in [4.78, 5) is 8.96. The predicted molar refractivity (Wildman–Crippen MR) is 116 cm³/mol. The SMILES string of the molecule is Cc1cccc(-c2ncc(CNC(C)c3cnn(-c4ccc(F)cc4F)c3C)cn2)c1. The average molecular weight is 419 g/mol. The lowest BCUT2D eigenvalue weighted by Crippen LogP contribution is -2.19. The van der Waals surface area contributed by atoms with E-state index in [1.807, 2.05) is 51.4 Å². The lowest BCUT2D eigenvalue weighted by atomic mass is 10.1. The molecule has 0 aliphatic heterocycles. The summed E-state index contributed by atoms with van der Waals surface area (Å²) in [6.45, 7) is 6.49. The molecule has 4 aromatic rings. The van der Waals surface area contributed by atoms with Gasteiger partial charge in [0.15, 0.2) is 11.6 Å². The summed E-state index contributed by atoms with van der Waals surface area (Å²) >= 11 is 0. The summed E-state index contributed by atoms with van der Waals surface area (Å²) in [7, 11) is 0. The fourth-order valence-corrected chi connectivity index (χ4v) is 3.50. The Balaban J connectivity index is 1.44. The molecule has 0 fully saturated rings. The van der Waals surface area contributed by atoms with Gasteiger partial charge in [-0.1, -0.05) is 23.8 Å². The van der Waals surface area contributed by atoms with Crippen molar-refractivity contribution in [3.05, 3.63) is 95.1 Å². The highest BCUT2D eigenvalue weighted by molar-refractivity contribution is 5.55. The van der Waals surface area contributed by atoms with Gasteiger partial charge in [-0.2, -0.15) is 5.10 Å². The Morgan fingerprint density at radius 3 is 2.48 bits per heavy atom. The van der Waals surface area contributed by atoms with Crippen molar-refractivity contribution < 1.29 is 8.78 Å². The summed E-state index contributed by atoms with van der Waals surface area (Å²) in [5, 5.41) is 7.72. The van der Waals surface area contributed by atoms with Crippen molar-refractivity contribution in [1.29, 1.82) is 0 Å². The zero-order valence-corrected chi connectivity index (χ0v) is 17.6. The van der Waals surface area contributed by atoms with Crippen molar-refractivity contribution in [2.24, 2.45) is 0 Å². The molecule has 1 atom stereocenters. The van der Waals surface area contributed by atoms with Gasteiger partial charge in [0.2, 0.25) is 0 Å². The summed E-state index contributed by atoms with van der Waals surface area (Å²) in [5.74, 6) is -0.569. The van der Waals surface area contributed by atoms with Crippen LogP contribution in [0, 0.1) is 25.5 Å². The normalized spacial score (nSPS) is 12.2. The maximum Gasteiger partial charge on any atom is 0.159 e. The maximum atomic E-state index is 14.1. The highest BCUT2D eigenvalue weighted by Crippen LogP contribution is 2.23. The molecular formula is C24H23F2N5. The van der Waals surface area contributed by atoms with Crippen molar-refractivity contribution in [2.45, 2.75) is 33.4 Å². The van der Waals surface area contributed by atoms with E-state index in [1.54, 1.807) is 6.20 Å². The van der Waals surface area contributed by atoms with Gasteiger partial charge in [0.25, 0.3) is 0 Å². The van der Waals surface area contributed by atoms with Crippen LogP contribution < -0.4 is 5.32 Å². The second kappa shape index (κ2) is 8.73. The van der Waals surface area contributed by atoms with Gasteiger partial charge in [0, 0.05) is 53.4 Å². The van der Waals surface area contributed by atoms with Crippen molar-refractivity contribution in [2.75, 3.05) is 0 Å². The highest BCUT2D eigenvalue weighted by atomic mass is 19.1. The van der Waals surface area contributed by atoms with Crippen LogP contribution in [-0.2, 0) is 6.54 Å². The standard InChI is InChI=1S/C24H23F2N5/c1-15-5-4-6-19(9-15)24-28-12-18(13-29-24)11-27-16(2)21-14-30-31(17(21)3)23-8-7-20(25)10-22(23)26/h4-10,12-14,16,27H,11H2,1-3H3. The van der Waals surface area contributed by atoms with Crippen LogP contribution in [0.15, 0.2) is 61.1 Å². The molecule has 0 spiro atoms. The lowest BCUT2D eigenvalue weighted by Gasteiger charge is -2.14. The molecule has 0 saturated heterocycles. The van der Waals surface area contributed by atoms with E-state index in [0.717, 1.165) is 34.0 Å². The molecule has 4 rings (SSSR count). The van der Waals surface area contributed by atoms with Crippen LogP contribution in [0.25, 0.3) is 17.1 Å². The zero-order chi connectivity index (χ0) is 22.0. The van der Waals surface area contributed by atoms with Gasteiger partial charge in [-0.05, 0) is 39.0 Å². The van der Waals surface area contributed by atoms with Gasteiger partial charge >= 0.3 is 0 Å². The number of nitrogens with zero attached hydrogens (tertiary/aromatic N) is 4. The first-order valence-corrected chi connectivity index (χ1v) is 10.0. The summed E-state index contributed by atoms with van der Waals surface area (Å²) in [6.07, 6.45) is 5.33. The fraction of sp³-hybridized carbons (Fsp3) is 0.208.